The summed E-state index contributed by atoms with van der Waals surface area (Å²) in [5.41, 5.74) is 2.93. The van der Waals surface area contributed by atoms with Crippen molar-refractivity contribution in [2.24, 2.45) is 5.92 Å². The van der Waals surface area contributed by atoms with Crippen molar-refractivity contribution in [1.82, 2.24) is 0 Å². The number of benzene rings is 2. The minimum atomic E-state index is -0.772. The van der Waals surface area contributed by atoms with E-state index in [2.05, 4.69) is 19.2 Å². The monoisotopic (exact) mass is 385 g/mol. The Labute approximate surface area is 167 Å². The summed E-state index contributed by atoms with van der Waals surface area (Å²) >= 11 is 0. The van der Waals surface area contributed by atoms with Gasteiger partial charge in [0.1, 0.15) is 5.75 Å². The molecule has 28 heavy (non-hydrogen) atoms. The second-order valence-electron chi connectivity index (χ2n) is 7.04. The highest BCUT2D eigenvalue weighted by Gasteiger charge is 2.12. The maximum atomic E-state index is 10.8. The molecular formula is C23H31NO4. The Morgan fingerprint density at radius 3 is 2.00 bits per heavy atom. The summed E-state index contributed by atoms with van der Waals surface area (Å²) in [5, 5.41) is 11.5. The van der Waals surface area contributed by atoms with E-state index in [0.717, 1.165) is 23.4 Å². The van der Waals surface area contributed by atoms with Crippen LogP contribution in [-0.4, -0.2) is 23.6 Å². The molecule has 2 aromatic rings. The van der Waals surface area contributed by atoms with Crippen LogP contribution >= 0.6 is 0 Å². The molecule has 152 valence electrons. The van der Waals surface area contributed by atoms with E-state index in [1.165, 1.54) is 12.5 Å². The van der Waals surface area contributed by atoms with Gasteiger partial charge in [-0.2, -0.15) is 0 Å². The summed E-state index contributed by atoms with van der Waals surface area (Å²) in [6, 6.07) is 15.2. The lowest BCUT2D eigenvalue weighted by atomic mass is 9.97. The molecule has 2 rings (SSSR count). The van der Waals surface area contributed by atoms with Gasteiger partial charge in [-0.25, -0.2) is 0 Å². The number of ether oxygens (including phenoxy) is 1. The normalized spacial score (nSPS) is 11.2. The van der Waals surface area contributed by atoms with E-state index < -0.39 is 11.9 Å². The van der Waals surface area contributed by atoms with Crippen LogP contribution in [0.15, 0.2) is 48.5 Å². The van der Waals surface area contributed by atoms with Gasteiger partial charge in [-0.1, -0.05) is 38.1 Å². The van der Waals surface area contributed by atoms with E-state index in [-0.39, 0.29) is 5.91 Å². The summed E-state index contributed by atoms with van der Waals surface area (Å²) in [5.74, 6) is 0.193. The molecule has 0 heterocycles. The number of hydrogen-bond donors (Lipinski definition) is 2. The summed E-state index contributed by atoms with van der Waals surface area (Å²) in [6.07, 6.45) is 1.04. The molecule has 1 atom stereocenters. The third-order valence-electron chi connectivity index (χ3n) is 3.98. The third-order valence-corrected chi connectivity index (χ3v) is 3.98. The van der Waals surface area contributed by atoms with Crippen LogP contribution in [0.4, 0.5) is 5.69 Å². The Balaban J connectivity index is 0.000000283. The first kappa shape index (κ1) is 23.2. The molecule has 2 aromatic carbocycles. The summed E-state index contributed by atoms with van der Waals surface area (Å²) in [6.45, 7) is 10.1. The standard InChI is InChI=1S/C13H18O2.C10H13NO2/c1-9(2)8-11-4-6-12(7-5-11)10(3)13(14)15;1-3-13-10-6-4-9(5-7-10)11-8(2)12/h4-7,9-10H,8H2,1-3H3,(H,14,15);4-7H,3H2,1-2H3,(H,11,12). The average Bonchev–Trinajstić information content (AvgIpc) is 2.63. The van der Waals surface area contributed by atoms with Crippen LogP contribution < -0.4 is 10.1 Å². The smallest absolute Gasteiger partial charge is 0.310 e. The number of rotatable bonds is 7. The zero-order valence-corrected chi connectivity index (χ0v) is 17.4. The quantitative estimate of drug-likeness (QED) is 0.694. The van der Waals surface area contributed by atoms with Gasteiger partial charge in [0, 0.05) is 12.6 Å². The minimum Gasteiger partial charge on any atom is -0.494 e. The van der Waals surface area contributed by atoms with Gasteiger partial charge in [-0.3, -0.25) is 9.59 Å². The number of amides is 1. The first-order valence-corrected chi connectivity index (χ1v) is 9.55. The molecule has 0 aliphatic heterocycles. The number of carbonyl (C=O) groups excluding carboxylic acids is 1. The number of nitrogens with one attached hydrogen (secondary N) is 1. The highest BCUT2D eigenvalue weighted by Crippen LogP contribution is 2.17. The molecule has 1 unspecified atom stereocenters. The molecular weight excluding hydrogens is 354 g/mol. The van der Waals surface area contributed by atoms with Crippen molar-refractivity contribution in [3.05, 3.63) is 59.7 Å². The molecule has 0 spiro atoms. The van der Waals surface area contributed by atoms with Gasteiger partial charge in [-0.15, -0.1) is 0 Å². The fourth-order valence-corrected chi connectivity index (χ4v) is 2.56. The fourth-order valence-electron chi connectivity index (χ4n) is 2.56. The summed E-state index contributed by atoms with van der Waals surface area (Å²) in [7, 11) is 0. The fraction of sp³-hybridized carbons (Fsp3) is 0.391. The van der Waals surface area contributed by atoms with Crippen LogP contribution in [-0.2, 0) is 16.0 Å². The van der Waals surface area contributed by atoms with E-state index >= 15 is 0 Å². The van der Waals surface area contributed by atoms with Gasteiger partial charge in [0.05, 0.1) is 12.5 Å². The second kappa shape index (κ2) is 11.8. The average molecular weight is 386 g/mol. The van der Waals surface area contributed by atoms with Gasteiger partial charge < -0.3 is 15.2 Å². The summed E-state index contributed by atoms with van der Waals surface area (Å²) < 4.78 is 5.25. The van der Waals surface area contributed by atoms with Crippen molar-refractivity contribution in [3.8, 4) is 5.75 Å². The van der Waals surface area contributed by atoms with E-state index in [1.54, 1.807) is 6.92 Å². The largest absolute Gasteiger partial charge is 0.494 e. The van der Waals surface area contributed by atoms with E-state index in [1.807, 2.05) is 55.5 Å². The van der Waals surface area contributed by atoms with Gasteiger partial charge >= 0.3 is 5.97 Å². The van der Waals surface area contributed by atoms with Crippen molar-refractivity contribution >= 4 is 17.6 Å². The first-order valence-electron chi connectivity index (χ1n) is 9.55. The lowest BCUT2D eigenvalue weighted by molar-refractivity contribution is -0.138. The molecule has 2 N–H and O–H groups in total. The van der Waals surface area contributed by atoms with Crippen LogP contribution in [0.3, 0.4) is 0 Å². The zero-order chi connectivity index (χ0) is 21.1. The molecule has 0 aliphatic rings. The van der Waals surface area contributed by atoms with Gasteiger partial charge in [0.15, 0.2) is 0 Å². The predicted molar refractivity (Wildman–Crippen MR) is 113 cm³/mol. The van der Waals surface area contributed by atoms with Crippen LogP contribution in [0.2, 0.25) is 0 Å². The van der Waals surface area contributed by atoms with Gasteiger partial charge in [0.25, 0.3) is 0 Å². The number of carboxylic acids is 1. The zero-order valence-electron chi connectivity index (χ0n) is 17.4. The maximum Gasteiger partial charge on any atom is 0.310 e. The molecule has 5 nitrogen and oxygen atoms in total. The topological polar surface area (TPSA) is 75.6 Å². The van der Waals surface area contributed by atoms with E-state index in [4.69, 9.17) is 9.84 Å². The third kappa shape index (κ3) is 8.71. The Morgan fingerprint density at radius 1 is 1.00 bits per heavy atom. The van der Waals surface area contributed by atoms with Crippen LogP contribution in [0.1, 0.15) is 51.7 Å². The van der Waals surface area contributed by atoms with Crippen LogP contribution in [0, 0.1) is 5.92 Å². The number of aliphatic carboxylic acids is 1. The number of anilines is 1. The van der Waals surface area contributed by atoms with Gasteiger partial charge in [0.2, 0.25) is 5.91 Å². The molecule has 0 aliphatic carbocycles. The lowest BCUT2D eigenvalue weighted by Gasteiger charge is -2.09. The molecule has 0 saturated carbocycles. The van der Waals surface area contributed by atoms with Crippen LogP contribution in [0.25, 0.3) is 0 Å². The van der Waals surface area contributed by atoms with Crippen molar-refractivity contribution in [3.63, 3.8) is 0 Å². The molecule has 0 bridgehead atoms. The minimum absolute atomic E-state index is 0.0656. The first-order chi connectivity index (χ1) is 13.2. The summed E-state index contributed by atoms with van der Waals surface area (Å²) in [4.78, 5) is 21.4. The SMILES string of the molecule is CC(C)Cc1ccc(C(C)C(=O)O)cc1.CCOc1ccc(NC(C)=O)cc1. The molecule has 1 amide bonds. The Bertz CT molecular complexity index is 736. The number of hydrogen-bond acceptors (Lipinski definition) is 3. The maximum absolute atomic E-state index is 10.8. The highest BCUT2D eigenvalue weighted by atomic mass is 16.5. The molecule has 0 radical (unpaired) electrons. The van der Waals surface area contributed by atoms with Crippen molar-refractivity contribution < 1.29 is 19.4 Å². The Kier molecular flexibility index (Phi) is 9.79. The number of carboxylic acid groups (broad SMARTS) is 1. The molecule has 0 fully saturated rings. The second-order valence-corrected chi connectivity index (χ2v) is 7.04. The highest BCUT2D eigenvalue weighted by molar-refractivity contribution is 5.88. The van der Waals surface area contributed by atoms with Gasteiger partial charge in [-0.05, 0) is 61.6 Å². The lowest BCUT2D eigenvalue weighted by Crippen LogP contribution is -2.07. The van der Waals surface area contributed by atoms with Crippen molar-refractivity contribution in [1.29, 1.82) is 0 Å². The Morgan fingerprint density at radius 2 is 1.57 bits per heavy atom. The number of carbonyl (C=O) groups is 2. The molecule has 5 heteroatoms. The molecule has 0 saturated heterocycles. The van der Waals surface area contributed by atoms with Crippen molar-refractivity contribution in [2.75, 3.05) is 11.9 Å². The van der Waals surface area contributed by atoms with Crippen LogP contribution in [0.5, 0.6) is 5.75 Å². The predicted octanol–water partition coefficient (Wildman–Crippen LogP) is 5.12. The van der Waals surface area contributed by atoms with Crippen molar-refractivity contribution in [2.45, 2.75) is 47.0 Å². The Hall–Kier alpha value is -2.82. The van der Waals surface area contributed by atoms with E-state index in [0.29, 0.717) is 12.5 Å². The van der Waals surface area contributed by atoms with E-state index in [9.17, 15) is 9.59 Å². The molecule has 0 aromatic heterocycles.